The lowest BCUT2D eigenvalue weighted by molar-refractivity contribution is -0.113. The number of hydrogen-bond donors (Lipinski definition) is 2. The summed E-state index contributed by atoms with van der Waals surface area (Å²) in [5.41, 5.74) is 2.36. The second-order valence-electron chi connectivity index (χ2n) is 7.07. The van der Waals surface area contributed by atoms with Gasteiger partial charge in [-0.15, -0.1) is 16.4 Å². The largest absolute Gasteiger partial charge is 0.376 e. The summed E-state index contributed by atoms with van der Waals surface area (Å²) in [5.74, 6) is 1.18. The maximum Gasteiger partial charge on any atom is 0.235 e. The van der Waals surface area contributed by atoms with Crippen LogP contribution in [0.4, 0.5) is 5.82 Å². The smallest absolute Gasteiger partial charge is 0.235 e. The van der Waals surface area contributed by atoms with Gasteiger partial charge >= 0.3 is 0 Å². The van der Waals surface area contributed by atoms with Crippen LogP contribution in [0.5, 0.6) is 0 Å². The fourth-order valence-corrected chi connectivity index (χ4v) is 4.75. The number of carbonyl (C=O) groups is 1. The Labute approximate surface area is 182 Å². The number of amides is 1. The van der Waals surface area contributed by atoms with E-state index < -0.39 is 0 Å². The van der Waals surface area contributed by atoms with E-state index in [0.717, 1.165) is 35.6 Å². The molecule has 30 heavy (non-hydrogen) atoms. The van der Waals surface area contributed by atoms with Gasteiger partial charge in [0.05, 0.1) is 28.8 Å². The molecule has 4 heterocycles. The van der Waals surface area contributed by atoms with E-state index in [-0.39, 0.29) is 17.8 Å². The summed E-state index contributed by atoms with van der Waals surface area (Å²) in [6.07, 6.45) is 2.13. The molecule has 1 aliphatic heterocycles. The van der Waals surface area contributed by atoms with Gasteiger partial charge in [0.25, 0.3) is 0 Å². The molecule has 0 spiro atoms. The number of ether oxygens (including phenoxy) is 1. The number of thioether (sulfide) groups is 1. The van der Waals surface area contributed by atoms with E-state index >= 15 is 0 Å². The van der Waals surface area contributed by atoms with Gasteiger partial charge in [0, 0.05) is 12.3 Å². The number of anilines is 1. The molecular weight excluding hydrogens is 420 g/mol. The molecule has 2 N–H and O–H groups in total. The van der Waals surface area contributed by atoms with E-state index in [2.05, 4.69) is 26.6 Å². The van der Waals surface area contributed by atoms with Gasteiger partial charge in [0.15, 0.2) is 5.82 Å². The fourth-order valence-electron chi connectivity index (χ4n) is 3.48. The van der Waals surface area contributed by atoms with Crippen LogP contribution in [0.2, 0.25) is 0 Å². The molecule has 0 radical (unpaired) electrons. The van der Waals surface area contributed by atoms with Crippen molar-refractivity contribution in [1.82, 2.24) is 19.7 Å². The molecule has 1 amide bonds. The molecule has 0 aromatic carbocycles. The molecule has 0 aliphatic carbocycles. The molecule has 3 aromatic heterocycles. The van der Waals surface area contributed by atoms with Gasteiger partial charge in [-0.25, -0.2) is 4.98 Å². The minimum absolute atomic E-state index is 0.107. The highest BCUT2D eigenvalue weighted by molar-refractivity contribution is 7.99. The lowest BCUT2D eigenvalue weighted by Gasteiger charge is -2.16. The van der Waals surface area contributed by atoms with Gasteiger partial charge in [0.2, 0.25) is 11.1 Å². The number of nitriles is 1. The quantitative estimate of drug-likeness (QED) is 0.540. The number of carbonyl (C=O) groups excluding carboxylic acids is 1. The zero-order valence-corrected chi connectivity index (χ0v) is 18.4. The molecule has 0 unspecified atom stereocenters. The number of nitrogens with zero attached hydrogens (tertiary/aromatic N) is 4. The van der Waals surface area contributed by atoms with Gasteiger partial charge in [-0.3, -0.25) is 9.89 Å². The van der Waals surface area contributed by atoms with E-state index in [4.69, 9.17) is 4.74 Å². The monoisotopic (exact) mass is 442 g/mol. The van der Waals surface area contributed by atoms with E-state index in [1.165, 1.54) is 11.8 Å². The lowest BCUT2D eigenvalue weighted by Crippen LogP contribution is -2.22. The summed E-state index contributed by atoms with van der Waals surface area (Å²) < 4.78 is 7.75. The van der Waals surface area contributed by atoms with E-state index in [9.17, 15) is 10.1 Å². The minimum Gasteiger partial charge on any atom is -0.376 e. The predicted octanol–water partition coefficient (Wildman–Crippen LogP) is 3.73. The van der Waals surface area contributed by atoms with Gasteiger partial charge < -0.3 is 14.6 Å². The van der Waals surface area contributed by atoms with Gasteiger partial charge in [-0.05, 0) is 43.7 Å². The maximum absolute atomic E-state index is 12.6. The molecule has 1 saturated heterocycles. The van der Waals surface area contributed by atoms with Crippen LogP contribution in [0.15, 0.2) is 22.7 Å². The summed E-state index contributed by atoms with van der Waals surface area (Å²) in [7, 11) is 0. The van der Waals surface area contributed by atoms with Crippen LogP contribution >= 0.6 is 23.1 Å². The zero-order chi connectivity index (χ0) is 21.1. The Kier molecular flexibility index (Phi) is 6.22. The molecule has 8 nitrogen and oxygen atoms in total. The van der Waals surface area contributed by atoms with Crippen LogP contribution in [0, 0.1) is 25.2 Å². The van der Waals surface area contributed by atoms with Crippen LogP contribution < -0.4 is 5.32 Å². The topological polar surface area (TPSA) is 109 Å². The standard InChI is InChI=1S/C20H22N6O2S2/c1-12-13(2)26(10-14-5-3-7-28-14)19(15(12)9-21)22-17(27)11-30-20-23-18(24-25-20)16-6-4-8-29-16/h4,6,8,14H,3,5,7,10-11H2,1-2H3,(H,22,27)(H,23,24,25)/t14-/m1/s1. The molecule has 10 heteroatoms. The minimum atomic E-state index is -0.204. The van der Waals surface area contributed by atoms with Crippen molar-refractivity contribution in [2.75, 3.05) is 17.7 Å². The Bertz CT molecular complexity index is 1070. The molecule has 0 saturated carbocycles. The molecule has 156 valence electrons. The first kappa shape index (κ1) is 20.7. The number of aromatic nitrogens is 4. The fraction of sp³-hybridized carbons (Fsp3) is 0.400. The third-order valence-corrected chi connectivity index (χ3v) is 6.88. The van der Waals surface area contributed by atoms with Gasteiger partial charge in [0.1, 0.15) is 11.9 Å². The highest BCUT2D eigenvalue weighted by atomic mass is 32.2. The van der Waals surface area contributed by atoms with Crippen molar-refractivity contribution >= 4 is 34.8 Å². The number of nitrogens with one attached hydrogen (secondary N) is 2. The summed E-state index contributed by atoms with van der Waals surface area (Å²) in [6, 6.07) is 6.15. The summed E-state index contributed by atoms with van der Waals surface area (Å²) in [6.45, 7) is 5.26. The normalized spacial score (nSPS) is 16.0. The Balaban J connectivity index is 1.44. The van der Waals surface area contributed by atoms with Crippen molar-refractivity contribution < 1.29 is 9.53 Å². The Morgan fingerprint density at radius 3 is 3.10 bits per heavy atom. The van der Waals surface area contributed by atoms with Crippen LogP contribution in [0.1, 0.15) is 29.7 Å². The molecule has 1 fully saturated rings. The van der Waals surface area contributed by atoms with Crippen molar-refractivity contribution in [3.63, 3.8) is 0 Å². The van der Waals surface area contributed by atoms with Crippen LogP contribution in [0.3, 0.4) is 0 Å². The molecule has 0 bridgehead atoms. The van der Waals surface area contributed by atoms with Crippen molar-refractivity contribution in [2.24, 2.45) is 0 Å². The first-order valence-corrected chi connectivity index (χ1v) is 11.5. The molecule has 4 rings (SSSR count). The SMILES string of the molecule is Cc1c(C#N)c(NC(=O)CSc2n[nH]c(-c3cccs3)n2)n(C[C@H]2CCCO2)c1C. The van der Waals surface area contributed by atoms with Crippen LogP contribution in [0.25, 0.3) is 10.7 Å². The first-order valence-electron chi connectivity index (χ1n) is 9.67. The van der Waals surface area contributed by atoms with Crippen LogP contribution in [-0.2, 0) is 16.1 Å². The Morgan fingerprint density at radius 2 is 2.40 bits per heavy atom. The highest BCUT2D eigenvalue weighted by Gasteiger charge is 2.24. The zero-order valence-electron chi connectivity index (χ0n) is 16.8. The van der Waals surface area contributed by atoms with Crippen molar-refractivity contribution in [3.8, 4) is 16.8 Å². The molecule has 3 aromatic rings. The van der Waals surface area contributed by atoms with Gasteiger partial charge in [-0.2, -0.15) is 5.26 Å². The number of thiophene rings is 1. The Morgan fingerprint density at radius 1 is 1.53 bits per heavy atom. The van der Waals surface area contributed by atoms with Crippen molar-refractivity contribution in [1.29, 1.82) is 5.26 Å². The first-order chi connectivity index (χ1) is 14.6. The number of rotatable bonds is 7. The second kappa shape index (κ2) is 9.04. The van der Waals surface area contributed by atoms with Crippen molar-refractivity contribution in [2.45, 2.75) is 44.5 Å². The maximum atomic E-state index is 12.6. The highest BCUT2D eigenvalue weighted by Crippen LogP contribution is 2.29. The second-order valence-corrected chi connectivity index (χ2v) is 8.96. The average Bonchev–Trinajstić information content (AvgIpc) is 3.53. The van der Waals surface area contributed by atoms with E-state index in [1.807, 2.05) is 35.9 Å². The van der Waals surface area contributed by atoms with Gasteiger partial charge in [-0.1, -0.05) is 17.8 Å². The third-order valence-electron chi connectivity index (χ3n) is 5.16. The summed E-state index contributed by atoms with van der Waals surface area (Å²) in [5, 5.41) is 22.1. The van der Waals surface area contributed by atoms with E-state index in [1.54, 1.807) is 11.3 Å². The lowest BCUT2D eigenvalue weighted by atomic mass is 10.2. The van der Waals surface area contributed by atoms with E-state index in [0.29, 0.717) is 28.9 Å². The Hall–Kier alpha value is -2.61. The average molecular weight is 443 g/mol. The predicted molar refractivity (Wildman–Crippen MR) is 117 cm³/mol. The number of aromatic amines is 1. The van der Waals surface area contributed by atoms with Crippen LogP contribution in [-0.4, -0.2) is 44.1 Å². The molecule has 1 aliphatic rings. The number of H-pyrrole nitrogens is 1. The van der Waals surface area contributed by atoms with Crippen molar-refractivity contribution in [3.05, 3.63) is 34.3 Å². The third kappa shape index (κ3) is 4.28. The summed E-state index contributed by atoms with van der Waals surface area (Å²) >= 11 is 2.82. The number of hydrogen-bond acceptors (Lipinski definition) is 7. The molecular formula is C20H22N6O2S2. The summed E-state index contributed by atoms with van der Waals surface area (Å²) in [4.78, 5) is 18.1. The molecule has 1 atom stereocenters.